The molecule has 0 saturated carbocycles. The quantitative estimate of drug-likeness (QED) is 0.770. The Labute approximate surface area is 98.2 Å². The molecular formula is C13H22N2O. The van der Waals surface area contributed by atoms with Crippen LogP contribution in [0, 0.1) is 0 Å². The lowest BCUT2D eigenvalue weighted by molar-refractivity contribution is 0.0611. The minimum absolute atomic E-state index is 0.269. The van der Waals surface area contributed by atoms with Crippen LogP contribution in [-0.4, -0.2) is 24.2 Å². The van der Waals surface area contributed by atoms with Crippen LogP contribution in [0.1, 0.15) is 38.8 Å². The van der Waals surface area contributed by atoms with E-state index in [-0.39, 0.29) is 12.1 Å². The molecule has 0 radical (unpaired) electrons. The second-order valence-electron chi connectivity index (χ2n) is 4.17. The Morgan fingerprint density at radius 3 is 2.56 bits per heavy atom. The highest BCUT2D eigenvalue weighted by Gasteiger charge is 2.11. The summed E-state index contributed by atoms with van der Waals surface area (Å²) in [5, 5.41) is 3.49. The van der Waals surface area contributed by atoms with E-state index in [1.165, 1.54) is 5.56 Å². The maximum Gasteiger partial charge on any atom is 0.0664 e. The van der Waals surface area contributed by atoms with Gasteiger partial charge in [-0.3, -0.25) is 4.98 Å². The lowest BCUT2D eigenvalue weighted by Crippen LogP contribution is -2.27. The Bertz CT molecular complexity index is 275. The number of pyridine rings is 1. The Hall–Kier alpha value is -0.930. The van der Waals surface area contributed by atoms with Crippen LogP contribution in [0.2, 0.25) is 0 Å². The zero-order chi connectivity index (χ0) is 11.8. The molecular weight excluding hydrogens is 200 g/mol. The summed E-state index contributed by atoms with van der Waals surface area (Å²) in [6, 6.07) is 4.35. The van der Waals surface area contributed by atoms with Crippen molar-refractivity contribution in [2.24, 2.45) is 0 Å². The molecule has 3 heteroatoms. The van der Waals surface area contributed by atoms with Gasteiger partial charge in [-0.15, -0.1) is 0 Å². The Morgan fingerprint density at radius 1 is 1.31 bits per heavy atom. The van der Waals surface area contributed by atoms with E-state index in [1.807, 2.05) is 24.5 Å². The van der Waals surface area contributed by atoms with E-state index in [2.05, 4.69) is 31.1 Å². The van der Waals surface area contributed by atoms with Crippen LogP contribution in [0.15, 0.2) is 24.5 Å². The number of rotatable bonds is 7. The van der Waals surface area contributed by atoms with Crippen molar-refractivity contribution in [1.29, 1.82) is 0 Å². The fraction of sp³-hybridized carbons (Fsp3) is 0.615. The molecule has 0 spiro atoms. The number of nitrogens with zero attached hydrogens (tertiary/aromatic N) is 1. The van der Waals surface area contributed by atoms with Crippen LogP contribution in [-0.2, 0) is 4.74 Å². The van der Waals surface area contributed by atoms with Gasteiger partial charge in [0, 0.05) is 12.4 Å². The second-order valence-corrected chi connectivity index (χ2v) is 4.17. The average Bonchev–Trinajstić information content (AvgIpc) is 2.30. The number of hydrogen-bond acceptors (Lipinski definition) is 3. The molecule has 0 aliphatic heterocycles. The lowest BCUT2D eigenvalue weighted by atomic mass is 10.1. The van der Waals surface area contributed by atoms with E-state index in [1.54, 1.807) is 0 Å². The molecule has 1 atom stereocenters. The number of aromatic nitrogens is 1. The standard InChI is InChI=1S/C13H22N2O/c1-4-7-15-13(10-16-11(2)3)12-5-8-14-9-6-12/h5-6,8-9,11,13,15H,4,7,10H2,1-3H3. The molecule has 16 heavy (non-hydrogen) atoms. The molecule has 1 N–H and O–H groups in total. The van der Waals surface area contributed by atoms with Crippen LogP contribution >= 0.6 is 0 Å². The van der Waals surface area contributed by atoms with Crippen molar-refractivity contribution in [2.45, 2.75) is 39.3 Å². The van der Waals surface area contributed by atoms with Crippen molar-refractivity contribution in [3.05, 3.63) is 30.1 Å². The predicted molar refractivity (Wildman–Crippen MR) is 66.4 cm³/mol. The molecule has 1 heterocycles. The summed E-state index contributed by atoms with van der Waals surface area (Å²) in [5.74, 6) is 0. The maximum absolute atomic E-state index is 5.67. The molecule has 0 saturated heterocycles. The highest BCUT2D eigenvalue weighted by molar-refractivity contribution is 5.15. The van der Waals surface area contributed by atoms with E-state index in [9.17, 15) is 0 Å². The van der Waals surface area contributed by atoms with Gasteiger partial charge in [0.1, 0.15) is 0 Å². The highest BCUT2D eigenvalue weighted by Crippen LogP contribution is 2.12. The Kier molecular flexibility index (Phi) is 6.04. The van der Waals surface area contributed by atoms with Gasteiger partial charge >= 0.3 is 0 Å². The van der Waals surface area contributed by atoms with E-state index in [0.717, 1.165) is 13.0 Å². The monoisotopic (exact) mass is 222 g/mol. The van der Waals surface area contributed by atoms with Gasteiger partial charge in [-0.1, -0.05) is 6.92 Å². The summed E-state index contributed by atoms with van der Waals surface area (Å²) in [5.41, 5.74) is 1.24. The maximum atomic E-state index is 5.67. The molecule has 3 nitrogen and oxygen atoms in total. The molecule has 0 aromatic carbocycles. The van der Waals surface area contributed by atoms with E-state index in [0.29, 0.717) is 6.61 Å². The number of hydrogen-bond donors (Lipinski definition) is 1. The minimum Gasteiger partial charge on any atom is -0.377 e. The molecule has 0 bridgehead atoms. The molecule has 1 aromatic heterocycles. The van der Waals surface area contributed by atoms with Gasteiger partial charge in [-0.2, -0.15) is 0 Å². The highest BCUT2D eigenvalue weighted by atomic mass is 16.5. The molecule has 90 valence electrons. The van der Waals surface area contributed by atoms with E-state index in [4.69, 9.17) is 4.74 Å². The van der Waals surface area contributed by atoms with Gasteiger partial charge in [0.25, 0.3) is 0 Å². The van der Waals surface area contributed by atoms with Gasteiger partial charge in [0.15, 0.2) is 0 Å². The summed E-state index contributed by atoms with van der Waals surface area (Å²) in [6.07, 6.45) is 5.05. The third kappa shape index (κ3) is 4.73. The SMILES string of the molecule is CCCNC(COC(C)C)c1ccncc1. The molecule has 1 rings (SSSR count). The predicted octanol–water partition coefficient (Wildman–Crippen LogP) is 2.55. The van der Waals surface area contributed by atoms with E-state index >= 15 is 0 Å². The molecule has 0 aliphatic carbocycles. The number of nitrogens with one attached hydrogen (secondary N) is 1. The fourth-order valence-electron chi connectivity index (χ4n) is 1.48. The summed E-state index contributed by atoms with van der Waals surface area (Å²) in [6.45, 7) is 8.00. The van der Waals surface area contributed by atoms with Crippen molar-refractivity contribution >= 4 is 0 Å². The summed E-state index contributed by atoms with van der Waals surface area (Å²) >= 11 is 0. The van der Waals surface area contributed by atoms with Crippen LogP contribution < -0.4 is 5.32 Å². The average molecular weight is 222 g/mol. The molecule has 0 amide bonds. The van der Waals surface area contributed by atoms with Crippen LogP contribution in [0.4, 0.5) is 0 Å². The Morgan fingerprint density at radius 2 is 2.00 bits per heavy atom. The number of ether oxygens (including phenoxy) is 1. The van der Waals surface area contributed by atoms with Gasteiger partial charge in [-0.25, -0.2) is 0 Å². The zero-order valence-corrected chi connectivity index (χ0v) is 10.4. The minimum atomic E-state index is 0.269. The summed E-state index contributed by atoms with van der Waals surface area (Å²) in [7, 11) is 0. The van der Waals surface area contributed by atoms with Crippen molar-refractivity contribution < 1.29 is 4.74 Å². The normalized spacial score (nSPS) is 13.0. The van der Waals surface area contributed by atoms with Gasteiger partial charge in [-0.05, 0) is 44.5 Å². The summed E-state index contributed by atoms with van der Waals surface area (Å²) in [4.78, 5) is 4.03. The van der Waals surface area contributed by atoms with Crippen molar-refractivity contribution in [3.8, 4) is 0 Å². The first kappa shape index (κ1) is 13.1. The molecule has 0 aliphatic rings. The van der Waals surface area contributed by atoms with Crippen LogP contribution in [0.25, 0.3) is 0 Å². The topological polar surface area (TPSA) is 34.1 Å². The first-order valence-corrected chi connectivity index (χ1v) is 5.99. The molecule has 1 unspecified atom stereocenters. The molecule has 0 fully saturated rings. The fourth-order valence-corrected chi connectivity index (χ4v) is 1.48. The third-order valence-corrected chi connectivity index (χ3v) is 2.35. The van der Waals surface area contributed by atoms with Gasteiger partial charge in [0.2, 0.25) is 0 Å². The Balaban J connectivity index is 2.56. The van der Waals surface area contributed by atoms with E-state index < -0.39 is 0 Å². The first-order valence-electron chi connectivity index (χ1n) is 5.99. The van der Waals surface area contributed by atoms with Gasteiger partial charge in [0.05, 0.1) is 18.8 Å². The lowest BCUT2D eigenvalue weighted by Gasteiger charge is -2.20. The van der Waals surface area contributed by atoms with Crippen molar-refractivity contribution in [3.63, 3.8) is 0 Å². The summed E-state index contributed by atoms with van der Waals surface area (Å²) < 4.78 is 5.67. The van der Waals surface area contributed by atoms with Crippen molar-refractivity contribution in [2.75, 3.05) is 13.2 Å². The smallest absolute Gasteiger partial charge is 0.0664 e. The first-order chi connectivity index (χ1) is 7.74. The van der Waals surface area contributed by atoms with Crippen LogP contribution in [0.3, 0.4) is 0 Å². The largest absolute Gasteiger partial charge is 0.377 e. The zero-order valence-electron chi connectivity index (χ0n) is 10.4. The third-order valence-electron chi connectivity index (χ3n) is 2.35. The molecule has 1 aromatic rings. The van der Waals surface area contributed by atoms with Crippen molar-refractivity contribution in [1.82, 2.24) is 10.3 Å². The van der Waals surface area contributed by atoms with Gasteiger partial charge < -0.3 is 10.1 Å². The second kappa shape index (κ2) is 7.36. The van der Waals surface area contributed by atoms with Crippen LogP contribution in [0.5, 0.6) is 0 Å².